The number of rotatable bonds is 4. The molecule has 0 aliphatic rings. The van der Waals surface area contributed by atoms with E-state index in [4.69, 9.17) is 0 Å². The van der Waals surface area contributed by atoms with E-state index in [1.165, 1.54) is 19.2 Å². The van der Waals surface area contributed by atoms with Crippen molar-refractivity contribution >= 4 is 38.4 Å². The number of hydrogen-bond donors (Lipinski definition) is 2. The Morgan fingerprint density at radius 1 is 1.35 bits per heavy atom. The third kappa shape index (κ3) is 3.22. The first-order valence-electron chi connectivity index (χ1n) is 5.90. The van der Waals surface area contributed by atoms with Crippen molar-refractivity contribution in [3.05, 3.63) is 34.4 Å². The Kier molecular flexibility index (Phi) is 4.49. The third-order valence-electron chi connectivity index (χ3n) is 2.65. The Morgan fingerprint density at radius 3 is 2.80 bits per heavy atom. The lowest BCUT2D eigenvalue weighted by Gasteiger charge is -2.11. The summed E-state index contributed by atoms with van der Waals surface area (Å²) in [5.74, 6) is -1.09. The van der Waals surface area contributed by atoms with Crippen molar-refractivity contribution in [1.82, 2.24) is 10.3 Å². The predicted octanol–water partition coefficient (Wildman–Crippen LogP) is 2.82. The van der Waals surface area contributed by atoms with Crippen molar-refractivity contribution in [2.24, 2.45) is 0 Å². The molecule has 4 nitrogen and oxygen atoms in total. The summed E-state index contributed by atoms with van der Waals surface area (Å²) < 4.78 is 27.6. The minimum atomic E-state index is -0.667. The van der Waals surface area contributed by atoms with Gasteiger partial charge in [-0.1, -0.05) is 0 Å². The van der Waals surface area contributed by atoms with E-state index in [-0.39, 0.29) is 11.3 Å². The zero-order chi connectivity index (χ0) is 14.7. The second-order valence-electron chi connectivity index (χ2n) is 4.17. The first kappa shape index (κ1) is 14.6. The molecular weight excluding hydrogens is 332 g/mol. The lowest BCUT2D eigenvalue weighted by Crippen LogP contribution is -2.26. The highest BCUT2D eigenvalue weighted by Gasteiger charge is 2.12. The van der Waals surface area contributed by atoms with Gasteiger partial charge >= 0.3 is 0 Å². The summed E-state index contributed by atoms with van der Waals surface area (Å²) in [6.45, 7) is 2.21. The Balaban J connectivity index is 2.30. The van der Waals surface area contributed by atoms with Crippen LogP contribution in [0.2, 0.25) is 0 Å². The number of nitrogens with zero attached hydrogens (tertiary/aromatic N) is 1. The number of benzene rings is 1. The lowest BCUT2D eigenvalue weighted by atomic mass is 10.1. The van der Waals surface area contributed by atoms with Crippen LogP contribution in [-0.2, 0) is 4.79 Å². The fourth-order valence-electron chi connectivity index (χ4n) is 1.82. The van der Waals surface area contributed by atoms with Crippen molar-refractivity contribution in [3.8, 4) is 0 Å². The standard InChI is InChI=1S/C13H12BrF2N3O/c1-7(20)17-2-3-18-13-9-4-8(15)5-11(16)12(9)10(14)6-19-13/h4-6H,2-3H2,1H3,(H,17,20)(H,18,19). The maximum atomic E-state index is 13.8. The Hall–Kier alpha value is -1.76. The maximum Gasteiger partial charge on any atom is 0.216 e. The molecule has 0 unspecified atom stereocenters. The number of aromatic nitrogens is 1. The van der Waals surface area contributed by atoms with Crippen LogP contribution in [0, 0.1) is 11.6 Å². The molecule has 1 heterocycles. The van der Waals surface area contributed by atoms with Crippen molar-refractivity contribution in [2.45, 2.75) is 6.92 Å². The molecular formula is C13H12BrF2N3O. The molecule has 0 aliphatic heterocycles. The molecule has 0 bridgehead atoms. The fraction of sp³-hybridized carbons (Fsp3) is 0.231. The predicted molar refractivity (Wildman–Crippen MR) is 76.5 cm³/mol. The molecule has 20 heavy (non-hydrogen) atoms. The average molecular weight is 344 g/mol. The molecule has 1 aromatic heterocycles. The molecule has 2 aromatic rings. The largest absolute Gasteiger partial charge is 0.368 e. The number of anilines is 1. The second-order valence-corrected chi connectivity index (χ2v) is 5.03. The first-order chi connectivity index (χ1) is 9.49. The molecule has 1 aromatic carbocycles. The van der Waals surface area contributed by atoms with Crippen molar-refractivity contribution < 1.29 is 13.6 Å². The van der Waals surface area contributed by atoms with Crippen LogP contribution in [0.25, 0.3) is 10.8 Å². The zero-order valence-corrected chi connectivity index (χ0v) is 12.2. The Morgan fingerprint density at radius 2 is 2.10 bits per heavy atom. The van der Waals surface area contributed by atoms with Crippen LogP contribution in [0.4, 0.5) is 14.6 Å². The highest BCUT2D eigenvalue weighted by Crippen LogP contribution is 2.31. The van der Waals surface area contributed by atoms with Crippen molar-refractivity contribution in [3.63, 3.8) is 0 Å². The quantitative estimate of drug-likeness (QED) is 0.839. The topological polar surface area (TPSA) is 54.0 Å². The van der Waals surface area contributed by atoms with E-state index in [0.29, 0.717) is 28.8 Å². The van der Waals surface area contributed by atoms with E-state index in [1.54, 1.807) is 0 Å². The number of halogens is 3. The highest BCUT2D eigenvalue weighted by molar-refractivity contribution is 9.10. The number of pyridine rings is 1. The van der Waals surface area contributed by atoms with Crippen molar-refractivity contribution in [2.75, 3.05) is 18.4 Å². The van der Waals surface area contributed by atoms with Crippen LogP contribution in [0.3, 0.4) is 0 Å². The number of nitrogens with one attached hydrogen (secondary N) is 2. The average Bonchev–Trinajstić information content (AvgIpc) is 2.35. The van der Waals surface area contributed by atoms with E-state index in [9.17, 15) is 13.6 Å². The SMILES string of the molecule is CC(=O)NCCNc1ncc(Br)c2c(F)cc(F)cc12. The molecule has 106 valence electrons. The molecule has 0 aliphatic carbocycles. The van der Waals surface area contributed by atoms with E-state index < -0.39 is 11.6 Å². The van der Waals surface area contributed by atoms with Crippen LogP contribution >= 0.6 is 15.9 Å². The van der Waals surface area contributed by atoms with Crippen LogP contribution in [-0.4, -0.2) is 24.0 Å². The summed E-state index contributed by atoms with van der Waals surface area (Å²) in [6, 6.07) is 2.05. The van der Waals surface area contributed by atoms with E-state index >= 15 is 0 Å². The molecule has 0 radical (unpaired) electrons. The molecule has 1 amide bonds. The Labute approximate surface area is 122 Å². The minimum Gasteiger partial charge on any atom is -0.368 e. The van der Waals surface area contributed by atoms with Gasteiger partial charge < -0.3 is 10.6 Å². The number of amides is 1. The molecule has 0 spiro atoms. The van der Waals surface area contributed by atoms with Gasteiger partial charge in [-0.2, -0.15) is 0 Å². The van der Waals surface area contributed by atoms with Gasteiger partial charge in [-0.25, -0.2) is 13.8 Å². The van der Waals surface area contributed by atoms with E-state index in [1.807, 2.05) is 0 Å². The fourth-order valence-corrected chi connectivity index (χ4v) is 2.32. The molecule has 7 heteroatoms. The zero-order valence-electron chi connectivity index (χ0n) is 10.6. The second kappa shape index (κ2) is 6.13. The van der Waals surface area contributed by atoms with Gasteiger partial charge in [-0.3, -0.25) is 4.79 Å². The van der Waals surface area contributed by atoms with Crippen LogP contribution in [0.15, 0.2) is 22.8 Å². The number of hydrogen-bond acceptors (Lipinski definition) is 3. The third-order valence-corrected chi connectivity index (χ3v) is 3.25. The number of carbonyl (C=O) groups is 1. The van der Waals surface area contributed by atoms with Crippen LogP contribution in [0.1, 0.15) is 6.92 Å². The van der Waals surface area contributed by atoms with Gasteiger partial charge in [0.1, 0.15) is 17.5 Å². The highest BCUT2D eigenvalue weighted by atomic mass is 79.9. The number of carbonyl (C=O) groups excluding carboxylic acids is 1. The monoisotopic (exact) mass is 343 g/mol. The number of fused-ring (bicyclic) bond motifs is 1. The molecule has 2 N–H and O–H groups in total. The normalized spacial score (nSPS) is 10.6. The molecule has 2 rings (SSSR count). The lowest BCUT2D eigenvalue weighted by molar-refractivity contribution is -0.118. The van der Waals surface area contributed by atoms with Gasteiger partial charge in [0.05, 0.1) is 0 Å². The van der Waals surface area contributed by atoms with Gasteiger partial charge in [0.25, 0.3) is 0 Å². The van der Waals surface area contributed by atoms with Crippen molar-refractivity contribution in [1.29, 1.82) is 0 Å². The van der Waals surface area contributed by atoms with Crippen LogP contribution < -0.4 is 10.6 Å². The maximum absolute atomic E-state index is 13.8. The summed E-state index contributed by atoms with van der Waals surface area (Å²) in [4.78, 5) is 14.8. The smallest absolute Gasteiger partial charge is 0.216 e. The molecule has 0 saturated carbocycles. The summed E-state index contributed by atoms with van der Waals surface area (Å²) in [6.07, 6.45) is 1.45. The summed E-state index contributed by atoms with van der Waals surface area (Å²) >= 11 is 3.20. The Bertz CT molecular complexity index is 664. The van der Waals surface area contributed by atoms with Gasteiger partial charge in [-0.05, 0) is 22.0 Å². The summed E-state index contributed by atoms with van der Waals surface area (Å²) in [5, 5.41) is 6.17. The summed E-state index contributed by atoms with van der Waals surface area (Å²) in [7, 11) is 0. The summed E-state index contributed by atoms with van der Waals surface area (Å²) in [5.41, 5.74) is 0. The van der Waals surface area contributed by atoms with Gasteiger partial charge in [0.2, 0.25) is 5.91 Å². The molecule has 0 saturated heterocycles. The van der Waals surface area contributed by atoms with Gasteiger partial charge in [-0.15, -0.1) is 0 Å². The van der Waals surface area contributed by atoms with Crippen LogP contribution in [0.5, 0.6) is 0 Å². The minimum absolute atomic E-state index is 0.141. The molecule has 0 fully saturated rings. The van der Waals surface area contributed by atoms with Gasteiger partial charge in [0.15, 0.2) is 0 Å². The van der Waals surface area contributed by atoms with Gasteiger partial charge in [0, 0.05) is 47.5 Å². The molecule has 0 atom stereocenters. The van der Waals surface area contributed by atoms with E-state index in [2.05, 4.69) is 31.5 Å². The first-order valence-corrected chi connectivity index (χ1v) is 6.70. The van der Waals surface area contributed by atoms with E-state index in [0.717, 1.165) is 6.07 Å².